The Hall–Kier alpha value is -2.31. The topological polar surface area (TPSA) is 149 Å². The van der Waals surface area contributed by atoms with Crippen LogP contribution in [0.15, 0.2) is 42.5 Å². The minimum absolute atomic E-state index is 0.0372. The van der Waals surface area contributed by atoms with Crippen molar-refractivity contribution in [1.82, 2.24) is 5.32 Å². The monoisotopic (exact) mass is 660 g/mol. The Morgan fingerprint density at radius 2 is 1.23 bits per heavy atom. The fourth-order valence-corrected chi connectivity index (χ4v) is 9.13. The maximum Gasteiger partial charge on any atom is 0.359 e. The minimum Gasteiger partial charge on any atom is -0.468 e. The molecule has 248 valence electrons. The van der Waals surface area contributed by atoms with Crippen molar-refractivity contribution < 1.29 is 51.0 Å². The maximum absolute atomic E-state index is 13.2. The zero-order chi connectivity index (χ0) is 32.8. The summed E-state index contributed by atoms with van der Waals surface area (Å²) in [6.45, 7) is 3.96. The van der Waals surface area contributed by atoms with E-state index < -0.39 is 33.2 Å². The molecule has 2 aromatic rings. The van der Waals surface area contributed by atoms with Gasteiger partial charge in [0.1, 0.15) is 11.5 Å². The molecule has 0 radical (unpaired) electrons. The molecule has 0 saturated heterocycles. The van der Waals surface area contributed by atoms with Crippen molar-refractivity contribution in [2.24, 2.45) is 0 Å². The van der Waals surface area contributed by atoms with Crippen LogP contribution in [-0.2, 0) is 41.5 Å². The summed E-state index contributed by atoms with van der Waals surface area (Å²) in [6.07, 6.45) is 1.71. The van der Waals surface area contributed by atoms with Crippen LogP contribution in [0.1, 0.15) is 49.7 Å². The predicted octanol–water partition coefficient (Wildman–Crippen LogP) is 6.12. The first-order chi connectivity index (χ1) is 21.1. The fraction of sp³-hybridized carbons (Fsp3) is 0.552. The highest BCUT2D eigenvalue weighted by Gasteiger charge is 2.49. The number of rotatable bonds is 21. The molecule has 2 aromatic carbocycles. The van der Waals surface area contributed by atoms with Gasteiger partial charge in [0.25, 0.3) is 0 Å². The number of amides is 1. The molecule has 2 N–H and O–H groups in total. The molecule has 0 spiro atoms. The van der Waals surface area contributed by atoms with Gasteiger partial charge in [0.05, 0.1) is 12.2 Å². The summed E-state index contributed by atoms with van der Waals surface area (Å²) in [4.78, 5) is 13.2. The van der Waals surface area contributed by atoms with Gasteiger partial charge in [0.2, 0.25) is 11.4 Å². The van der Waals surface area contributed by atoms with E-state index >= 15 is 0 Å². The molecular formula is C29H46N2O11P2. The molecule has 0 fully saturated rings. The Labute approximate surface area is 260 Å². The highest BCUT2D eigenvalue weighted by Crippen LogP contribution is 2.67. The van der Waals surface area contributed by atoms with Gasteiger partial charge in [-0.15, -0.1) is 0 Å². The standard InChI is InChI=1S/C29H46N2O11P2/c1-9-24(21-11-14-23(15-12-21)41-19-35-3)25(10-2)22-13-16-27(42-20-36-4)26(17-22)31-28(32)18-30-29(43(33,37-5)38-6)44(34,39-7)40-8/h11-17,24-25,29-30H,9-10,18-20H2,1-8H3,(H,31,32). The minimum atomic E-state index is -4.05. The van der Waals surface area contributed by atoms with Crippen molar-refractivity contribution in [1.29, 1.82) is 0 Å². The number of ether oxygens (including phenoxy) is 4. The normalized spacial score (nSPS) is 13.5. The van der Waals surface area contributed by atoms with Crippen LogP contribution in [-0.4, -0.2) is 74.2 Å². The lowest BCUT2D eigenvalue weighted by Gasteiger charge is -2.29. The largest absolute Gasteiger partial charge is 0.468 e. The van der Waals surface area contributed by atoms with E-state index in [0.29, 0.717) is 11.4 Å². The Balaban J connectivity index is 2.37. The molecule has 15 heteroatoms. The summed E-state index contributed by atoms with van der Waals surface area (Å²) in [7, 11) is -0.480. The smallest absolute Gasteiger partial charge is 0.359 e. The van der Waals surface area contributed by atoms with Crippen molar-refractivity contribution >= 4 is 26.8 Å². The second-order valence-corrected chi connectivity index (χ2v) is 14.6. The second-order valence-electron chi connectivity index (χ2n) is 9.57. The first-order valence-electron chi connectivity index (χ1n) is 14.0. The quantitative estimate of drug-likeness (QED) is 0.117. The van der Waals surface area contributed by atoms with Crippen LogP contribution >= 0.6 is 15.2 Å². The Bertz CT molecular complexity index is 1220. The molecule has 0 aliphatic carbocycles. The fourth-order valence-electron chi connectivity index (χ4n) is 4.89. The van der Waals surface area contributed by atoms with Crippen molar-refractivity contribution in [3.63, 3.8) is 0 Å². The summed E-state index contributed by atoms with van der Waals surface area (Å²) < 4.78 is 67.7. The Morgan fingerprint density at radius 1 is 0.727 bits per heavy atom. The van der Waals surface area contributed by atoms with E-state index in [4.69, 9.17) is 37.0 Å². The summed E-state index contributed by atoms with van der Waals surface area (Å²) in [5.41, 5.74) is 0.993. The van der Waals surface area contributed by atoms with Gasteiger partial charge in [-0.1, -0.05) is 32.0 Å². The zero-order valence-electron chi connectivity index (χ0n) is 26.7. The van der Waals surface area contributed by atoms with Gasteiger partial charge in [-0.05, 0) is 60.1 Å². The lowest BCUT2D eigenvalue weighted by Crippen LogP contribution is -2.37. The maximum atomic E-state index is 13.2. The highest BCUT2D eigenvalue weighted by molar-refractivity contribution is 7.72. The predicted molar refractivity (Wildman–Crippen MR) is 168 cm³/mol. The third-order valence-corrected chi connectivity index (χ3v) is 12.4. The summed E-state index contributed by atoms with van der Waals surface area (Å²) >= 11 is 0. The van der Waals surface area contributed by atoms with Gasteiger partial charge in [-0.25, -0.2) is 0 Å². The number of hydrogen-bond acceptors (Lipinski definition) is 12. The Kier molecular flexibility index (Phi) is 16.0. The number of methoxy groups -OCH3 is 2. The van der Waals surface area contributed by atoms with Crippen LogP contribution in [0, 0.1) is 0 Å². The van der Waals surface area contributed by atoms with E-state index in [1.165, 1.54) is 7.11 Å². The van der Waals surface area contributed by atoms with Gasteiger partial charge in [0, 0.05) is 42.7 Å². The van der Waals surface area contributed by atoms with E-state index in [1.54, 1.807) is 13.2 Å². The molecule has 2 unspecified atom stereocenters. The van der Waals surface area contributed by atoms with Crippen LogP contribution in [0.4, 0.5) is 5.69 Å². The molecule has 0 bridgehead atoms. The summed E-state index contributed by atoms with van der Waals surface area (Å²) in [5, 5.41) is 5.52. The average Bonchev–Trinajstić information content (AvgIpc) is 3.05. The van der Waals surface area contributed by atoms with Crippen molar-refractivity contribution in [3.05, 3.63) is 53.6 Å². The SMILES string of the molecule is CCC(c1ccc(OCOC)cc1)C(CC)c1ccc(OCOC)c(NC(=O)CNC(P(=O)(OC)OC)P(=O)(OC)OC)c1. The van der Waals surface area contributed by atoms with Gasteiger partial charge in [-0.2, -0.15) is 0 Å². The van der Waals surface area contributed by atoms with Crippen LogP contribution < -0.4 is 20.1 Å². The summed E-state index contributed by atoms with van der Waals surface area (Å²) in [6, 6.07) is 13.6. The number of nitrogens with one attached hydrogen (secondary N) is 2. The van der Waals surface area contributed by atoms with Crippen molar-refractivity contribution in [2.75, 3.05) is 68.1 Å². The molecule has 1 amide bonds. The molecular weight excluding hydrogens is 614 g/mol. The van der Waals surface area contributed by atoms with Gasteiger partial charge < -0.3 is 42.4 Å². The summed E-state index contributed by atoms with van der Waals surface area (Å²) in [5.74, 6) is 0.867. The second kappa shape index (κ2) is 18.6. The number of anilines is 1. The highest BCUT2D eigenvalue weighted by atomic mass is 31.2. The lowest BCUT2D eigenvalue weighted by molar-refractivity contribution is -0.115. The van der Waals surface area contributed by atoms with E-state index in [-0.39, 0.29) is 25.4 Å². The average molecular weight is 661 g/mol. The van der Waals surface area contributed by atoms with Crippen molar-refractivity contribution in [2.45, 2.75) is 44.0 Å². The Morgan fingerprint density at radius 3 is 1.73 bits per heavy atom. The van der Waals surface area contributed by atoms with Gasteiger partial charge in [0.15, 0.2) is 13.6 Å². The molecule has 2 atom stereocenters. The van der Waals surface area contributed by atoms with Crippen LogP contribution in [0.2, 0.25) is 0 Å². The molecule has 0 heterocycles. The molecule has 0 aliphatic rings. The van der Waals surface area contributed by atoms with Crippen LogP contribution in [0.5, 0.6) is 11.5 Å². The molecule has 13 nitrogen and oxygen atoms in total. The van der Waals surface area contributed by atoms with Gasteiger partial charge in [-0.3, -0.25) is 19.2 Å². The van der Waals surface area contributed by atoms with E-state index in [2.05, 4.69) is 36.6 Å². The van der Waals surface area contributed by atoms with Crippen LogP contribution in [0.3, 0.4) is 0 Å². The third-order valence-electron chi connectivity index (χ3n) is 7.12. The number of carbonyl (C=O) groups excluding carboxylic acids is 1. The molecule has 0 saturated carbocycles. The van der Waals surface area contributed by atoms with E-state index in [1.807, 2.05) is 24.3 Å². The lowest BCUT2D eigenvalue weighted by atomic mass is 9.78. The third kappa shape index (κ3) is 9.84. The molecule has 0 aliphatic heterocycles. The van der Waals surface area contributed by atoms with E-state index in [0.717, 1.165) is 58.2 Å². The number of hydrogen-bond donors (Lipinski definition) is 2. The first kappa shape index (κ1) is 37.9. The zero-order valence-corrected chi connectivity index (χ0v) is 28.5. The molecule has 44 heavy (non-hydrogen) atoms. The molecule has 2 rings (SSSR count). The first-order valence-corrected chi connectivity index (χ1v) is 17.2. The van der Waals surface area contributed by atoms with Gasteiger partial charge >= 0.3 is 15.2 Å². The van der Waals surface area contributed by atoms with E-state index in [9.17, 15) is 13.9 Å². The number of carbonyl (C=O) groups is 1. The number of benzene rings is 2. The van der Waals surface area contributed by atoms with Crippen LogP contribution in [0.25, 0.3) is 0 Å². The molecule has 0 aromatic heterocycles. The van der Waals surface area contributed by atoms with Crippen molar-refractivity contribution in [3.8, 4) is 11.5 Å².